The molecule has 8 heavy (non-hydrogen) atoms. The van der Waals surface area contributed by atoms with E-state index in [9.17, 15) is 0 Å². The molecule has 0 aromatic carbocycles. The van der Waals surface area contributed by atoms with Crippen LogP contribution in [-0.4, -0.2) is 19.3 Å². The number of halogens is 2. The molecular weight excluding hydrogens is 146 g/mol. The Kier molecular flexibility index (Phi) is 22.3. The van der Waals surface area contributed by atoms with E-state index in [-0.39, 0.29) is 0 Å². The summed E-state index contributed by atoms with van der Waals surface area (Å²) in [5, 5.41) is 0. The van der Waals surface area contributed by atoms with Crippen LogP contribution in [0, 0.1) is 0 Å². The molecule has 1 radical (unpaired) electrons. The first-order chi connectivity index (χ1) is 3.83. The topological polar surface area (TPSA) is 9.23 Å². The SMILES string of the molecule is CCOCC.Cl[B]Cl. The van der Waals surface area contributed by atoms with Crippen molar-refractivity contribution in [1.82, 2.24) is 0 Å². The van der Waals surface area contributed by atoms with Gasteiger partial charge in [0.25, 0.3) is 0 Å². The fraction of sp³-hybridized carbons (Fsp3) is 1.00. The first kappa shape index (κ1) is 11.4. The van der Waals surface area contributed by atoms with Crippen molar-refractivity contribution in [2.75, 3.05) is 13.2 Å². The summed E-state index contributed by atoms with van der Waals surface area (Å²) < 4.78 is 4.83. The summed E-state index contributed by atoms with van der Waals surface area (Å²) in [6.45, 7) is 5.67. The van der Waals surface area contributed by atoms with Gasteiger partial charge in [-0.25, -0.2) is 0 Å². The molecule has 0 heterocycles. The van der Waals surface area contributed by atoms with E-state index in [2.05, 4.69) is 22.9 Å². The van der Waals surface area contributed by atoms with E-state index in [4.69, 9.17) is 4.74 Å². The van der Waals surface area contributed by atoms with Crippen LogP contribution in [0.25, 0.3) is 0 Å². The summed E-state index contributed by atoms with van der Waals surface area (Å²) in [4.78, 5) is 0. The summed E-state index contributed by atoms with van der Waals surface area (Å²) in [6, 6.07) is 0. The molecule has 0 N–H and O–H groups in total. The minimum Gasteiger partial charge on any atom is -0.382 e. The van der Waals surface area contributed by atoms with E-state index in [1.165, 1.54) is 0 Å². The van der Waals surface area contributed by atoms with Crippen molar-refractivity contribution < 1.29 is 4.74 Å². The third-order valence-electron chi connectivity index (χ3n) is 0.408. The van der Waals surface area contributed by atoms with E-state index in [1.54, 1.807) is 0 Å². The van der Waals surface area contributed by atoms with E-state index in [1.807, 2.05) is 13.8 Å². The average Bonchev–Trinajstić information content (AvgIpc) is 1.71. The van der Waals surface area contributed by atoms with Gasteiger partial charge in [-0.15, -0.1) is 0 Å². The Morgan fingerprint density at radius 1 is 1.25 bits per heavy atom. The van der Waals surface area contributed by atoms with Gasteiger partial charge in [0, 0.05) is 13.2 Å². The third kappa shape index (κ3) is 30.6. The van der Waals surface area contributed by atoms with Crippen molar-refractivity contribution in [2.24, 2.45) is 0 Å². The smallest absolute Gasteiger partial charge is 0.357 e. The zero-order chi connectivity index (χ0) is 6.83. The van der Waals surface area contributed by atoms with Crippen LogP contribution < -0.4 is 0 Å². The molecule has 4 heteroatoms. The Morgan fingerprint density at radius 2 is 1.50 bits per heavy atom. The van der Waals surface area contributed by atoms with Gasteiger partial charge >= 0.3 is 6.11 Å². The monoisotopic (exact) mass is 155 g/mol. The maximum absolute atomic E-state index is 4.83. The quantitative estimate of drug-likeness (QED) is 0.555. The molecular formula is C4H10BCl2O. The Hall–Kier alpha value is 0.605. The fourth-order valence-electron chi connectivity index (χ4n) is 0.204. The van der Waals surface area contributed by atoms with Gasteiger partial charge in [-0.2, -0.15) is 22.9 Å². The van der Waals surface area contributed by atoms with Gasteiger partial charge in [-0.1, -0.05) is 0 Å². The highest BCUT2D eigenvalue weighted by molar-refractivity contribution is 7.22. The predicted octanol–water partition coefficient (Wildman–Crippen LogP) is 2.04. The molecule has 0 aromatic rings. The minimum absolute atomic E-state index is 0.844. The van der Waals surface area contributed by atoms with Crippen LogP contribution in [0.1, 0.15) is 13.8 Å². The highest BCUT2D eigenvalue weighted by Gasteiger charge is 1.64. The maximum Gasteiger partial charge on any atom is 0.357 e. The van der Waals surface area contributed by atoms with Gasteiger partial charge < -0.3 is 4.74 Å². The Labute approximate surface area is 61.4 Å². The average molecular weight is 156 g/mol. The van der Waals surface area contributed by atoms with Gasteiger partial charge in [0.2, 0.25) is 0 Å². The van der Waals surface area contributed by atoms with Crippen LogP contribution in [0.15, 0.2) is 0 Å². The van der Waals surface area contributed by atoms with Gasteiger partial charge in [0.15, 0.2) is 0 Å². The number of hydrogen-bond donors (Lipinski definition) is 0. The lowest BCUT2D eigenvalue weighted by atomic mass is 10.7. The van der Waals surface area contributed by atoms with E-state index >= 15 is 0 Å². The molecule has 0 rings (SSSR count). The molecule has 0 unspecified atom stereocenters. The third-order valence-corrected chi connectivity index (χ3v) is 0.408. The standard InChI is InChI=1S/C4H10O.BCl2/c1-3-5-4-2;2-1-3/h3-4H2,1-2H3;. The summed E-state index contributed by atoms with van der Waals surface area (Å²) in [5.41, 5.74) is 0. The molecule has 0 spiro atoms. The molecule has 0 amide bonds. The van der Waals surface area contributed by atoms with Crippen LogP contribution >= 0.6 is 22.9 Å². The largest absolute Gasteiger partial charge is 0.382 e. The second-order valence-electron chi connectivity index (χ2n) is 0.864. The van der Waals surface area contributed by atoms with Crippen molar-refractivity contribution in [3.8, 4) is 0 Å². The molecule has 0 aliphatic carbocycles. The molecule has 0 saturated carbocycles. The van der Waals surface area contributed by atoms with Crippen LogP contribution in [0.5, 0.6) is 0 Å². The van der Waals surface area contributed by atoms with Gasteiger partial charge in [-0.3, -0.25) is 0 Å². The number of ether oxygens (including phenoxy) is 1. The van der Waals surface area contributed by atoms with Crippen molar-refractivity contribution in [1.29, 1.82) is 0 Å². The lowest BCUT2D eigenvalue weighted by Gasteiger charge is -1.86. The van der Waals surface area contributed by atoms with Crippen molar-refractivity contribution >= 4 is 29.0 Å². The van der Waals surface area contributed by atoms with E-state index in [0.717, 1.165) is 19.3 Å². The second-order valence-corrected chi connectivity index (χ2v) is 1.52. The highest BCUT2D eigenvalue weighted by atomic mass is 35.5. The Bertz CT molecular complexity index is 28.0. The molecule has 0 bridgehead atoms. The summed E-state index contributed by atoms with van der Waals surface area (Å²) >= 11 is 9.28. The summed E-state index contributed by atoms with van der Waals surface area (Å²) in [6.07, 6.45) is 0.944. The minimum atomic E-state index is 0.844. The summed E-state index contributed by atoms with van der Waals surface area (Å²) in [5.74, 6) is 0. The molecule has 0 saturated heterocycles. The van der Waals surface area contributed by atoms with Crippen LogP contribution in [0.2, 0.25) is 0 Å². The zero-order valence-corrected chi connectivity index (χ0v) is 6.67. The normalized spacial score (nSPS) is 7.00. The van der Waals surface area contributed by atoms with E-state index < -0.39 is 0 Å². The number of rotatable bonds is 2. The summed E-state index contributed by atoms with van der Waals surface area (Å²) in [7, 11) is 0. The maximum atomic E-state index is 4.83. The van der Waals surface area contributed by atoms with Crippen LogP contribution in [0.3, 0.4) is 0 Å². The first-order valence-electron chi connectivity index (χ1n) is 2.43. The molecule has 0 aromatic heterocycles. The Balaban J connectivity index is 0. The molecule has 1 nitrogen and oxygen atoms in total. The molecule has 0 aliphatic heterocycles. The van der Waals surface area contributed by atoms with Crippen molar-refractivity contribution in [2.45, 2.75) is 13.8 Å². The highest BCUT2D eigenvalue weighted by Crippen LogP contribution is 1.67. The van der Waals surface area contributed by atoms with Crippen molar-refractivity contribution in [3.05, 3.63) is 0 Å². The number of hydrogen-bond acceptors (Lipinski definition) is 1. The lowest BCUT2D eigenvalue weighted by Crippen LogP contribution is -1.84. The molecule has 0 fully saturated rings. The lowest BCUT2D eigenvalue weighted by molar-refractivity contribution is 0.162. The van der Waals surface area contributed by atoms with Crippen LogP contribution in [-0.2, 0) is 4.74 Å². The molecule has 0 aliphatic rings. The first-order valence-corrected chi connectivity index (χ1v) is 3.30. The van der Waals surface area contributed by atoms with Gasteiger partial charge in [0.1, 0.15) is 0 Å². The fourth-order valence-corrected chi connectivity index (χ4v) is 0.204. The Morgan fingerprint density at radius 3 is 1.50 bits per heavy atom. The van der Waals surface area contributed by atoms with Gasteiger partial charge in [0.05, 0.1) is 0 Å². The zero-order valence-electron chi connectivity index (χ0n) is 5.16. The van der Waals surface area contributed by atoms with Crippen molar-refractivity contribution in [3.63, 3.8) is 0 Å². The predicted molar refractivity (Wildman–Crippen MR) is 39.6 cm³/mol. The molecule has 49 valence electrons. The molecule has 0 atom stereocenters. The van der Waals surface area contributed by atoms with Gasteiger partial charge in [-0.05, 0) is 13.8 Å². The van der Waals surface area contributed by atoms with Crippen LogP contribution in [0.4, 0.5) is 0 Å². The van der Waals surface area contributed by atoms with E-state index in [0.29, 0.717) is 0 Å². The second kappa shape index (κ2) is 15.6.